The van der Waals surface area contributed by atoms with E-state index in [4.69, 9.17) is 9.84 Å². The molecule has 9 nitrogen and oxygen atoms in total. The maximum absolute atomic E-state index is 13.7. The summed E-state index contributed by atoms with van der Waals surface area (Å²) < 4.78 is 7.08. The van der Waals surface area contributed by atoms with E-state index in [0.717, 1.165) is 11.1 Å². The van der Waals surface area contributed by atoms with E-state index in [9.17, 15) is 10.1 Å². The van der Waals surface area contributed by atoms with Crippen LogP contribution in [0.25, 0.3) is 11.4 Å². The van der Waals surface area contributed by atoms with Gasteiger partial charge >= 0.3 is 0 Å². The summed E-state index contributed by atoms with van der Waals surface area (Å²) in [5.74, 6) is 1.24. The fourth-order valence-electron chi connectivity index (χ4n) is 4.05. The first kappa shape index (κ1) is 21.9. The lowest BCUT2D eigenvalue weighted by Crippen LogP contribution is -2.31. The van der Waals surface area contributed by atoms with Gasteiger partial charge in [-0.3, -0.25) is 9.78 Å². The van der Waals surface area contributed by atoms with Crippen molar-refractivity contribution in [2.75, 3.05) is 17.7 Å². The Kier molecular flexibility index (Phi) is 5.69. The van der Waals surface area contributed by atoms with E-state index < -0.39 is 6.04 Å². The number of nitrogens with zero attached hydrogens (tertiary/aromatic N) is 5. The van der Waals surface area contributed by atoms with E-state index in [0.29, 0.717) is 40.0 Å². The number of aromatic nitrogens is 4. The molecule has 4 aromatic rings. The van der Waals surface area contributed by atoms with E-state index in [1.807, 2.05) is 43.3 Å². The van der Waals surface area contributed by atoms with E-state index in [2.05, 4.69) is 26.7 Å². The van der Waals surface area contributed by atoms with Crippen molar-refractivity contribution in [1.29, 1.82) is 5.26 Å². The highest BCUT2D eigenvalue weighted by Gasteiger charge is 2.34. The zero-order valence-electron chi connectivity index (χ0n) is 19.1. The van der Waals surface area contributed by atoms with Crippen molar-refractivity contribution in [3.8, 4) is 23.2 Å². The highest BCUT2D eigenvalue weighted by molar-refractivity contribution is 6.06. The molecule has 0 radical (unpaired) electrons. The van der Waals surface area contributed by atoms with Crippen molar-refractivity contribution in [3.63, 3.8) is 0 Å². The summed E-state index contributed by atoms with van der Waals surface area (Å²) in [5, 5.41) is 20.2. The third-order valence-electron chi connectivity index (χ3n) is 5.73. The minimum absolute atomic E-state index is 0.307. The molecule has 2 aromatic heterocycles. The van der Waals surface area contributed by atoms with Gasteiger partial charge in [0.2, 0.25) is 5.95 Å². The number of nitrogens with one attached hydrogen (secondary N) is 2. The van der Waals surface area contributed by atoms with Gasteiger partial charge in [0.25, 0.3) is 5.91 Å². The molecule has 1 amide bonds. The van der Waals surface area contributed by atoms with Crippen LogP contribution in [0.1, 0.15) is 24.1 Å². The molecule has 0 fully saturated rings. The Morgan fingerprint density at radius 2 is 1.94 bits per heavy atom. The van der Waals surface area contributed by atoms with Crippen LogP contribution in [0.3, 0.4) is 0 Å². The second kappa shape index (κ2) is 9.11. The van der Waals surface area contributed by atoms with Gasteiger partial charge in [-0.15, -0.1) is 5.10 Å². The van der Waals surface area contributed by atoms with Gasteiger partial charge in [0.15, 0.2) is 5.82 Å². The number of hydrogen-bond acceptors (Lipinski definition) is 7. The number of allylic oxidation sites excluding steroid dienone is 1. The third-order valence-corrected chi connectivity index (χ3v) is 5.73. The van der Waals surface area contributed by atoms with Crippen LogP contribution in [0.2, 0.25) is 0 Å². The number of anilines is 2. The molecule has 2 aromatic carbocycles. The second-order valence-electron chi connectivity index (χ2n) is 7.90. The Labute approximate surface area is 201 Å². The number of fused-ring (bicyclic) bond motifs is 1. The number of pyridine rings is 1. The van der Waals surface area contributed by atoms with Crippen molar-refractivity contribution >= 4 is 17.5 Å². The largest absolute Gasteiger partial charge is 0.495 e. The number of methoxy groups -OCH3 is 1. The zero-order chi connectivity index (χ0) is 24.4. The SMILES string of the molecule is COc1ccccc1NC(=O)C1=C(C)Nc2nc(-c3cccnc3)nn2C1c1ccc(C#N)cc1. The van der Waals surface area contributed by atoms with Crippen LogP contribution >= 0.6 is 0 Å². The van der Waals surface area contributed by atoms with Gasteiger partial charge in [-0.2, -0.15) is 10.2 Å². The number of benzene rings is 2. The maximum atomic E-state index is 13.7. The highest BCUT2D eigenvalue weighted by Crippen LogP contribution is 2.37. The first-order valence-corrected chi connectivity index (χ1v) is 10.9. The Bertz CT molecular complexity index is 1470. The van der Waals surface area contributed by atoms with Gasteiger partial charge in [0.1, 0.15) is 11.8 Å². The van der Waals surface area contributed by atoms with Crippen LogP contribution in [0.4, 0.5) is 11.6 Å². The number of amides is 1. The number of carbonyl (C=O) groups is 1. The van der Waals surface area contributed by atoms with Crippen LogP contribution in [-0.4, -0.2) is 32.8 Å². The quantitative estimate of drug-likeness (QED) is 0.456. The van der Waals surface area contributed by atoms with E-state index in [1.54, 1.807) is 48.5 Å². The van der Waals surface area contributed by atoms with Crippen LogP contribution < -0.4 is 15.4 Å². The number of para-hydroxylation sites is 2. The molecule has 0 aliphatic carbocycles. The molecule has 0 saturated carbocycles. The first-order chi connectivity index (χ1) is 17.1. The van der Waals surface area contributed by atoms with Gasteiger partial charge in [0, 0.05) is 23.7 Å². The van der Waals surface area contributed by atoms with Crippen molar-refractivity contribution in [2.45, 2.75) is 13.0 Å². The summed E-state index contributed by atoms with van der Waals surface area (Å²) >= 11 is 0. The van der Waals surface area contributed by atoms with Crippen LogP contribution in [0.5, 0.6) is 5.75 Å². The lowest BCUT2D eigenvalue weighted by molar-refractivity contribution is -0.113. The molecule has 1 aliphatic rings. The summed E-state index contributed by atoms with van der Waals surface area (Å²) in [6.45, 7) is 1.83. The minimum Gasteiger partial charge on any atom is -0.495 e. The number of rotatable bonds is 5. The lowest BCUT2D eigenvalue weighted by atomic mass is 9.94. The standard InChI is InChI=1S/C26H21N7O2/c1-16-22(25(34)30-20-7-3-4-8-21(20)35-2)23(18-11-9-17(14-27)10-12-18)33-26(29-16)31-24(32-33)19-6-5-13-28-15-19/h3-13,15,23H,1-2H3,(H,30,34)(H,29,31,32). The average molecular weight is 464 g/mol. The highest BCUT2D eigenvalue weighted by atomic mass is 16.5. The average Bonchev–Trinajstić information content (AvgIpc) is 3.32. The lowest BCUT2D eigenvalue weighted by Gasteiger charge is -2.28. The van der Waals surface area contributed by atoms with E-state index >= 15 is 0 Å². The summed E-state index contributed by atoms with van der Waals surface area (Å²) in [6.07, 6.45) is 3.37. The fraction of sp³-hybridized carbons (Fsp3) is 0.115. The molecule has 1 aliphatic heterocycles. The normalized spacial score (nSPS) is 14.5. The zero-order valence-corrected chi connectivity index (χ0v) is 19.1. The maximum Gasteiger partial charge on any atom is 0.255 e. The molecule has 0 spiro atoms. The Morgan fingerprint density at radius 1 is 1.14 bits per heavy atom. The van der Waals surface area contributed by atoms with Gasteiger partial charge in [0.05, 0.1) is 30.0 Å². The summed E-state index contributed by atoms with van der Waals surface area (Å²) in [4.78, 5) is 22.5. The molecular weight excluding hydrogens is 442 g/mol. The van der Waals surface area contributed by atoms with Gasteiger partial charge < -0.3 is 15.4 Å². The fourth-order valence-corrected chi connectivity index (χ4v) is 4.05. The first-order valence-electron chi connectivity index (χ1n) is 10.9. The molecule has 9 heteroatoms. The summed E-state index contributed by atoms with van der Waals surface area (Å²) in [6, 6.07) is 19.6. The second-order valence-corrected chi connectivity index (χ2v) is 7.90. The van der Waals surface area contributed by atoms with Crippen molar-refractivity contribution < 1.29 is 9.53 Å². The van der Waals surface area contributed by atoms with Crippen molar-refractivity contribution in [2.24, 2.45) is 0 Å². The molecular formula is C26H21N7O2. The molecule has 3 heterocycles. The van der Waals surface area contributed by atoms with E-state index in [1.165, 1.54) is 0 Å². The third kappa shape index (κ3) is 4.09. The number of carbonyl (C=O) groups excluding carboxylic acids is 1. The van der Waals surface area contributed by atoms with Crippen LogP contribution in [0.15, 0.2) is 84.3 Å². The molecule has 5 rings (SSSR count). The van der Waals surface area contributed by atoms with Crippen molar-refractivity contribution in [3.05, 3.63) is 95.5 Å². The van der Waals surface area contributed by atoms with Gasteiger partial charge in [-0.05, 0) is 48.9 Å². The number of hydrogen-bond donors (Lipinski definition) is 2. The van der Waals surface area contributed by atoms with Crippen LogP contribution in [-0.2, 0) is 4.79 Å². The molecule has 0 saturated heterocycles. The smallest absolute Gasteiger partial charge is 0.255 e. The topological polar surface area (TPSA) is 118 Å². The van der Waals surface area contributed by atoms with E-state index in [-0.39, 0.29) is 5.91 Å². The molecule has 1 unspecified atom stereocenters. The summed E-state index contributed by atoms with van der Waals surface area (Å²) in [5.41, 5.74) is 3.74. The van der Waals surface area contributed by atoms with Crippen molar-refractivity contribution in [1.82, 2.24) is 19.7 Å². The Hall–Kier alpha value is -4.97. The Balaban J connectivity index is 1.60. The molecule has 1 atom stereocenters. The molecule has 35 heavy (non-hydrogen) atoms. The van der Waals surface area contributed by atoms with Crippen LogP contribution in [0, 0.1) is 11.3 Å². The predicted molar refractivity (Wildman–Crippen MR) is 130 cm³/mol. The van der Waals surface area contributed by atoms with Gasteiger partial charge in [-0.1, -0.05) is 24.3 Å². The monoisotopic (exact) mass is 463 g/mol. The number of ether oxygens (including phenoxy) is 1. The predicted octanol–water partition coefficient (Wildman–Crippen LogP) is 4.15. The summed E-state index contributed by atoms with van der Waals surface area (Å²) in [7, 11) is 1.55. The van der Waals surface area contributed by atoms with Gasteiger partial charge in [-0.25, -0.2) is 4.68 Å². The number of nitriles is 1. The molecule has 2 N–H and O–H groups in total. The molecule has 0 bridgehead atoms. The minimum atomic E-state index is -0.577. The Morgan fingerprint density at radius 3 is 2.66 bits per heavy atom. The molecule has 172 valence electrons.